The molecule has 4 aromatic heterocycles. The average Bonchev–Trinajstić information content (AvgIpc) is 3.94. The van der Waals surface area contributed by atoms with Crippen molar-refractivity contribution in [1.29, 1.82) is 0 Å². The highest BCUT2D eigenvalue weighted by Gasteiger charge is 2.32. The Morgan fingerprint density at radius 1 is 0.835 bits per heavy atom. The van der Waals surface area contributed by atoms with Crippen molar-refractivity contribution in [2.75, 3.05) is 77.5 Å². The van der Waals surface area contributed by atoms with Gasteiger partial charge in [0.25, 0.3) is 17.4 Å². The first-order chi connectivity index (χ1) is 38.5. The third kappa shape index (κ3) is 14.9. The van der Waals surface area contributed by atoms with Crippen LogP contribution in [0, 0.1) is 5.92 Å². The van der Waals surface area contributed by atoms with Gasteiger partial charge in [0.05, 0.1) is 55.4 Å². The number of fused-ring (bicyclic) bond motifs is 1. The zero-order chi connectivity index (χ0) is 55.1. The number of aromatic amines is 1. The highest BCUT2D eigenvalue weighted by molar-refractivity contribution is 5.98. The van der Waals surface area contributed by atoms with Crippen LogP contribution in [-0.2, 0) is 42.1 Å². The van der Waals surface area contributed by atoms with E-state index in [9.17, 15) is 24.0 Å². The summed E-state index contributed by atoms with van der Waals surface area (Å²) in [4.78, 5) is 85.3. The van der Waals surface area contributed by atoms with E-state index < -0.39 is 6.04 Å². The lowest BCUT2D eigenvalue weighted by atomic mass is 9.83. The fourth-order valence-electron chi connectivity index (χ4n) is 11.0. The number of pyridine rings is 3. The molecule has 3 aliphatic rings. The number of H-pyrrole nitrogens is 1. The minimum absolute atomic E-state index is 0.0189. The maximum absolute atomic E-state index is 14.0. The van der Waals surface area contributed by atoms with Crippen molar-refractivity contribution in [2.24, 2.45) is 5.92 Å². The molecule has 2 saturated heterocycles. The summed E-state index contributed by atoms with van der Waals surface area (Å²) in [5, 5.41) is 21.0. The van der Waals surface area contributed by atoms with Crippen LogP contribution in [0.5, 0.6) is 11.5 Å². The molecule has 2 aliphatic heterocycles. The molecule has 9 rings (SSSR count). The van der Waals surface area contributed by atoms with Gasteiger partial charge in [0.1, 0.15) is 23.2 Å². The van der Waals surface area contributed by atoms with E-state index in [1.54, 1.807) is 30.1 Å². The molecule has 1 saturated carbocycles. The number of ether oxygens (including phenoxy) is 2. The number of nitrogens with zero attached hydrogens (tertiary/aromatic N) is 8. The number of nitrogens with one attached hydrogen (secondary N) is 5. The summed E-state index contributed by atoms with van der Waals surface area (Å²) in [6.07, 6.45) is 13.1. The molecule has 2 atom stereocenters. The molecule has 6 heterocycles. The molecule has 0 bridgehead atoms. The van der Waals surface area contributed by atoms with E-state index >= 15 is 0 Å². The van der Waals surface area contributed by atoms with Gasteiger partial charge in [0.15, 0.2) is 0 Å². The Labute approximate surface area is 461 Å². The summed E-state index contributed by atoms with van der Waals surface area (Å²) >= 11 is 0. The van der Waals surface area contributed by atoms with Gasteiger partial charge in [-0.2, -0.15) is 0 Å². The van der Waals surface area contributed by atoms with Crippen LogP contribution < -0.4 is 41.2 Å². The van der Waals surface area contributed by atoms with Crippen LogP contribution in [0.4, 0.5) is 5.69 Å². The number of anilines is 1. The Kier molecular flexibility index (Phi) is 19.3. The lowest BCUT2D eigenvalue weighted by Crippen LogP contribution is -2.51. The standard InChI is InChI=1S/C59H75N13O7/c1-4-41-31-51-52(65-56(41)74)29-40(33-63-51)37-69-25-27-70(28-26-69)48-17-19-50(64-35-48)58(76)62-22-24-72-39-47(67-68-72)20-21-61-59(77)55(42-11-7-6-8-12-42)66-57(75)44-14-9-13-43(30-44)46-15-10-23-71(38-46)54(73)36-60-34-45-16-18-49(78-3)32-53(45)79-5-2/h9,13-14,16-19,29-33,35,39,42,46,55,60H,4-8,10-12,15,20-28,34,36-38H2,1-3H3,(H,61,77)(H,62,76)(H,65,74)(H,66,75)/t46?,55-/m1/s1. The average molecular weight is 1080 g/mol. The molecule has 418 valence electrons. The Balaban J connectivity index is 0.695. The number of hydrogen-bond donors (Lipinski definition) is 5. The van der Waals surface area contributed by atoms with Crippen molar-refractivity contribution >= 4 is 40.3 Å². The predicted molar refractivity (Wildman–Crippen MR) is 301 cm³/mol. The van der Waals surface area contributed by atoms with Crippen LogP contribution in [0.15, 0.2) is 90.1 Å². The monoisotopic (exact) mass is 1080 g/mol. The van der Waals surface area contributed by atoms with E-state index in [0.717, 1.165) is 122 Å². The van der Waals surface area contributed by atoms with Gasteiger partial charge in [0.2, 0.25) is 11.8 Å². The largest absolute Gasteiger partial charge is 0.497 e. The molecule has 1 unspecified atom stereocenters. The Hall–Kier alpha value is -7.71. The van der Waals surface area contributed by atoms with Crippen molar-refractivity contribution in [3.05, 3.63) is 135 Å². The van der Waals surface area contributed by atoms with Crippen LogP contribution in [0.25, 0.3) is 11.0 Å². The second-order valence-corrected chi connectivity index (χ2v) is 20.9. The molecule has 6 aromatic rings. The van der Waals surface area contributed by atoms with Crippen LogP contribution in [0.1, 0.15) is 114 Å². The molecule has 3 fully saturated rings. The number of likely N-dealkylation sites (tertiary alicyclic amines) is 1. The zero-order valence-corrected chi connectivity index (χ0v) is 45.8. The first-order valence-corrected chi connectivity index (χ1v) is 28.1. The Morgan fingerprint density at radius 3 is 2.47 bits per heavy atom. The second kappa shape index (κ2) is 27.2. The SMILES string of the molecule is CCOc1cc(OC)ccc1CNCC(=O)N1CCCC(c2cccc(C(=O)N[C@@H](C(=O)NCCc3cn(CCNC(=O)c4ccc(N5CCN(Cc6cnc7cc(CC)c(=O)[nH]c7c6)CC5)cn4)nn3)C3CCCCC3)c2)C1. The highest BCUT2D eigenvalue weighted by atomic mass is 16.5. The summed E-state index contributed by atoms with van der Waals surface area (Å²) in [5.74, 6) is 0.764. The van der Waals surface area contributed by atoms with E-state index in [0.29, 0.717) is 81.4 Å². The summed E-state index contributed by atoms with van der Waals surface area (Å²) in [7, 11) is 1.62. The molecule has 20 heteroatoms. The lowest BCUT2D eigenvalue weighted by Gasteiger charge is -2.36. The quantitative estimate of drug-likeness (QED) is 0.0558. The molecule has 20 nitrogen and oxygen atoms in total. The van der Waals surface area contributed by atoms with E-state index in [1.165, 1.54) is 0 Å². The minimum atomic E-state index is -0.689. The van der Waals surface area contributed by atoms with Gasteiger partial charge < -0.3 is 45.5 Å². The number of hydrogen-bond acceptors (Lipinski definition) is 14. The van der Waals surface area contributed by atoms with Gasteiger partial charge in [-0.05, 0) is 98.5 Å². The predicted octanol–water partition coefficient (Wildman–Crippen LogP) is 5.16. The van der Waals surface area contributed by atoms with Crippen molar-refractivity contribution < 1.29 is 28.7 Å². The molecule has 1 aliphatic carbocycles. The lowest BCUT2D eigenvalue weighted by molar-refractivity contribution is -0.131. The molecular weight excluding hydrogens is 1000 g/mol. The first-order valence-electron chi connectivity index (χ1n) is 28.1. The fourth-order valence-corrected chi connectivity index (χ4v) is 11.0. The third-order valence-corrected chi connectivity index (χ3v) is 15.5. The van der Waals surface area contributed by atoms with Gasteiger partial charge >= 0.3 is 0 Å². The van der Waals surface area contributed by atoms with Crippen molar-refractivity contribution in [2.45, 2.75) is 103 Å². The van der Waals surface area contributed by atoms with Crippen molar-refractivity contribution in [3.63, 3.8) is 0 Å². The number of amides is 4. The van der Waals surface area contributed by atoms with Crippen LogP contribution in [-0.4, -0.2) is 142 Å². The molecule has 2 aromatic carbocycles. The molecule has 5 N–H and O–H groups in total. The van der Waals surface area contributed by atoms with E-state index in [1.807, 2.05) is 85.7 Å². The number of carbonyl (C=O) groups is 4. The second-order valence-electron chi connectivity index (χ2n) is 20.9. The Bertz CT molecular complexity index is 3090. The van der Waals surface area contributed by atoms with Crippen LogP contribution >= 0.6 is 0 Å². The highest BCUT2D eigenvalue weighted by Crippen LogP contribution is 2.30. The molecule has 0 radical (unpaired) electrons. The number of methoxy groups -OCH3 is 1. The number of aryl methyl sites for hydroxylation is 1. The van der Waals surface area contributed by atoms with Crippen molar-refractivity contribution in [3.8, 4) is 11.5 Å². The topological polar surface area (TPSA) is 234 Å². The number of aromatic nitrogens is 6. The maximum atomic E-state index is 14.0. The molecular formula is C59H75N13O7. The third-order valence-electron chi connectivity index (χ3n) is 15.5. The number of carbonyl (C=O) groups excluding carboxylic acids is 4. The normalized spacial score (nSPS) is 16.6. The van der Waals surface area contributed by atoms with E-state index in [-0.39, 0.29) is 47.6 Å². The smallest absolute Gasteiger partial charge is 0.269 e. The maximum Gasteiger partial charge on any atom is 0.269 e. The van der Waals surface area contributed by atoms with Crippen LogP contribution in [0.3, 0.4) is 0 Å². The summed E-state index contributed by atoms with van der Waals surface area (Å²) in [6, 6.07) is 20.2. The van der Waals surface area contributed by atoms with Gasteiger partial charge in [0, 0.05) is 113 Å². The molecule has 4 amide bonds. The fraction of sp³-hybridized carbons (Fsp3) is 0.475. The van der Waals surface area contributed by atoms with Gasteiger partial charge in [-0.25, -0.2) is 4.98 Å². The first kappa shape index (κ1) is 56.0. The van der Waals surface area contributed by atoms with Crippen molar-refractivity contribution in [1.82, 2.24) is 61.0 Å². The molecule has 0 spiro atoms. The zero-order valence-electron chi connectivity index (χ0n) is 45.8. The van der Waals surface area contributed by atoms with Gasteiger partial charge in [-0.15, -0.1) is 5.10 Å². The molecule has 79 heavy (non-hydrogen) atoms. The van der Waals surface area contributed by atoms with E-state index in [4.69, 9.17) is 9.47 Å². The number of piperidine rings is 1. The number of piperazine rings is 1. The number of benzene rings is 2. The van der Waals surface area contributed by atoms with Crippen LogP contribution in [0.2, 0.25) is 0 Å². The van der Waals surface area contributed by atoms with Gasteiger partial charge in [-0.3, -0.25) is 38.5 Å². The summed E-state index contributed by atoms with van der Waals surface area (Å²) in [5.41, 5.74) is 7.68. The summed E-state index contributed by atoms with van der Waals surface area (Å²) in [6.45, 7) is 11.4. The minimum Gasteiger partial charge on any atom is -0.497 e. The number of rotatable bonds is 23. The van der Waals surface area contributed by atoms with E-state index in [2.05, 4.69) is 56.3 Å². The van der Waals surface area contributed by atoms with Gasteiger partial charge in [-0.1, -0.05) is 49.6 Å². The summed E-state index contributed by atoms with van der Waals surface area (Å²) < 4.78 is 12.8. The Morgan fingerprint density at radius 2 is 1.68 bits per heavy atom.